The highest BCUT2D eigenvalue weighted by atomic mass is 16.2. The highest BCUT2D eigenvalue weighted by molar-refractivity contribution is 5.93. The highest BCUT2D eigenvalue weighted by Crippen LogP contribution is 2.27. The Labute approximate surface area is 118 Å². The van der Waals surface area contributed by atoms with Crippen molar-refractivity contribution in [1.82, 2.24) is 9.80 Å². The standard InChI is InChI=1S/C15H19N3O2/c19-12-16-8-10-17(11-9-16)15(20)18-7-3-5-13-4-1-2-6-14(13)18/h1-2,4,6,12H,3,5,7-11H2. The molecule has 20 heavy (non-hydrogen) atoms. The first-order valence-electron chi connectivity index (χ1n) is 7.13. The molecule has 0 saturated carbocycles. The van der Waals surface area contributed by atoms with Crippen molar-refractivity contribution in [2.24, 2.45) is 0 Å². The fourth-order valence-electron chi connectivity index (χ4n) is 2.92. The predicted molar refractivity (Wildman–Crippen MR) is 76.7 cm³/mol. The summed E-state index contributed by atoms with van der Waals surface area (Å²) < 4.78 is 0. The average Bonchev–Trinajstić information content (AvgIpc) is 2.54. The minimum atomic E-state index is 0.0719. The fraction of sp³-hybridized carbons (Fsp3) is 0.467. The molecule has 0 aromatic heterocycles. The van der Waals surface area contributed by atoms with E-state index in [1.165, 1.54) is 5.56 Å². The van der Waals surface area contributed by atoms with Crippen LogP contribution in [-0.2, 0) is 11.2 Å². The summed E-state index contributed by atoms with van der Waals surface area (Å²) in [7, 11) is 0. The largest absolute Gasteiger partial charge is 0.342 e. The third-order valence-corrected chi connectivity index (χ3v) is 4.08. The van der Waals surface area contributed by atoms with Gasteiger partial charge in [0.2, 0.25) is 6.41 Å². The molecule has 2 aliphatic rings. The second-order valence-electron chi connectivity index (χ2n) is 5.29. The first kappa shape index (κ1) is 13.0. The minimum Gasteiger partial charge on any atom is -0.342 e. The van der Waals surface area contributed by atoms with Crippen LogP contribution in [0.5, 0.6) is 0 Å². The predicted octanol–water partition coefficient (Wildman–Crippen LogP) is 1.33. The molecule has 0 bridgehead atoms. The van der Waals surface area contributed by atoms with Gasteiger partial charge in [-0.15, -0.1) is 0 Å². The molecule has 2 aliphatic heterocycles. The van der Waals surface area contributed by atoms with Crippen molar-refractivity contribution in [2.45, 2.75) is 12.8 Å². The summed E-state index contributed by atoms with van der Waals surface area (Å²) in [6, 6.07) is 8.19. The highest BCUT2D eigenvalue weighted by Gasteiger charge is 2.28. The number of carbonyl (C=O) groups excluding carboxylic acids is 2. The molecule has 3 rings (SSSR count). The first-order chi connectivity index (χ1) is 9.79. The molecule has 1 aromatic rings. The average molecular weight is 273 g/mol. The Morgan fingerprint density at radius 2 is 1.80 bits per heavy atom. The molecule has 0 N–H and O–H groups in total. The fourth-order valence-corrected chi connectivity index (χ4v) is 2.92. The molecule has 0 spiro atoms. The van der Waals surface area contributed by atoms with Crippen LogP contribution in [0.1, 0.15) is 12.0 Å². The Morgan fingerprint density at radius 1 is 1.05 bits per heavy atom. The Bertz CT molecular complexity index is 510. The van der Waals surface area contributed by atoms with Crippen LogP contribution >= 0.6 is 0 Å². The topological polar surface area (TPSA) is 43.9 Å². The Kier molecular flexibility index (Phi) is 3.58. The molecule has 5 heteroatoms. The zero-order chi connectivity index (χ0) is 13.9. The van der Waals surface area contributed by atoms with Gasteiger partial charge >= 0.3 is 6.03 Å². The molecule has 106 valence electrons. The summed E-state index contributed by atoms with van der Waals surface area (Å²) in [6.07, 6.45) is 2.91. The maximum Gasteiger partial charge on any atom is 0.324 e. The number of urea groups is 1. The van der Waals surface area contributed by atoms with Crippen molar-refractivity contribution >= 4 is 18.1 Å². The van der Waals surface area contributed by atoms with Gasteiger partial charge in [-0.25, -0.2) is 4.79 Å². The van der Waals surface area contributed by atoms with E-state index in [0.717, 1.165) is 31.5 Å². The van der Waals surface area contributed by atoms with E-state index in [2.05, 4.69) is 6.07 Å². The number of rotatable bonds is 1. The molecule has 0 aliphatic carbocycles. The molecule has 0 unspecified atom stereocenters. The van der Waals surface area contributed by atoms with Gasteiger partial charge in [-0.05, 0) is 24.5 Å². The van der Waals surface area contributed by atoms with Crippen LogP contribution in [0.3, 0.4) is 0 Å². The lowest BCUT2D eigenvalue weighted by molar-refractivity contribution is -0.119. The third-order valence-electron chi connectivity index (χ3n) is 4.08. The van der Waals surface area contributed by atoms with Crippen LogP contribution in [0.4, 0.5) is 10.5 Å². The number of anilines is 1. The number of hydrogen-bond donors (Lipinski definition) is 0. The molecule has 1 fully saturated rings. The third kappa shape index (κ3) is 2.35. The first-order valence-corrected chi connectivity index (χ1v) is 7.13. The van der Waals surface area contributed by atoms with Crippen LogP contribution in [-0.4, -0.2) is 55.0 Å². The van der Waals surface area contributed by atoms with Crippen molar-refractivity contribution in [3.05, 3.63) is 29.8 Å². The molecular weight excluding hydrogens is 254 g/mol. The maximum absolute atomic E-state index is 12.7. The number of aryl methyl sites for hydroxylation is 1. The van der Waals surface area contributed by atoms with Crippen LogP contribution in [0.15, 0.2) is 24.3 Å². The van der Waals surface area contributed by atoms with Gasteiger partial charge in [0.15, 0.2) is 0 Å². The summed E-state index contributed by atoms with van der Waals surface area (Å²) >= 11 is 0. The Hall–Kier alpha value is -2.04. The van der Waals surface area contributed by atoms with E-state index in [-0.39, 0.29) is 6.03 Å². The molecule has 2 heterocycles. The zero-order valence-electron chi connectivity index (χ0n) is 11.5. The van der Waals surface area contributed by atoms with E-state index in [1.807, 2.05) is 28.0 Å². The number of piperazine rings is 1. The summed E-state index contributed by atoms with van der Waals surface area (Å²) in [5.41, 5.74) is 2.29. The molecule has 0 atom stereocenters. The van der Waals surface area contributed by atoms with Crippen molar-refractivity contribution in [3.63, 3.8) is 0 Å². The lowest BCUT2D eigenvalue weighted by Crippen LogP contribution is -2.53. The van der Waals surface area contributed by atoms with Crippen LogP contribution in [0, 0.1) is 0 Å². The maximum atomic E-state index is 12.7. The molecule has 1 aromatic carbocycles. The van der Waals surface area contributed by atoms with E-state index in [4.69, 9.17) is 0 Å². The summed E-state index contributed by atoms with van der Waals surface area (Å²) in [4.78, 5) is 28.8. The number of para-hydroxylation sites is 1. The van der Waals surface area contributed by atoms with E-state index >= 15 is 0 Å². The summed E-state index contributed by atoms with van der Waals surface area (Å²) in [5, 5.41) is 0. The van der Waals surface area contributed by atoms with Gasteiger partial charge in [0.25, 0.3) is 0 Å². The van der Waals surface area contributed by atoms with Gasteiger partial charge in [-0.1, -0.05) is 18.2 Å². The Balaban J connectivity index is 1.74. The number of amides is 3. The number of benzene rings is 1. The van der Waals surface area contributed by atoms with Crippen molar-refractivity contribution < 1.29 is 9.59 Å². The second kappa shape index (κ2) is 5.53. The van der Waals surface area contributed by atoms with Gasteiger partial charge in [-0.3, -0.25) is 9.69 Å². The van der Waals surface area contributed by atoms with E-state index in [1.54, 1.807) is 4.90 Å². The van der Waals surface area contributed by atoms with E-state index < -0.39 is 0 Å². The summed E-state index contributed by atoms with van der Waals surface area (Å²) in [5.74, 6) is 0. The van der Waals surface area contributed by atoms with Crippen LogP contribution in [0.2, 0.25) is 0 Å². The van der Waals surface area contributed by atoms with Crippen molar-refractivity contribution in [2.75, 3.05) is 37.6 Å². The summed E-state index contributed by atoms with van der Waals surface area (Å²) in [6.45, 7) is 3.28. The van der Waals surface area contributed by atoms with Gasteiger partial charge in [-0.2, -0.15) is 0 Å². The number of hydrogen-bond acceptors (Lipinski definition) is 2. The van der Waals surface area contributed by atoms with Crippen LogP contribution in [0.25, 0.3) is 0 Å². The van der Waals surface area contributed by atoms with Crippen molar-refractivity contribution in [1.29, 1.82) is 0 Å². The molecule has 3 amide bonds. The SMILES string of the molecule is O=CN1CCN(C(=O)N2CCCc3ccccc32)CC1. The quantitative estimate of drug-likeness (QED) is 0.725. The molecular formula is C15H19N3O2. The minimum absolute atomic E-state index is 0.0719. The number of fused-ring (bicyclic) bond motifs is 1. The zero-order valence-corrected chi connectivity index (χ0v) is 11.5. The molecule has 5 nitrogen and oxygen atoms in total. The normalized spacial score (nSPS) is 18.7. The van der Waals surface area contributed by atoms with E-state index in [9.17, 15) is 9.59 Å². The van der Waals surface area contributed by atoms with Gasteiger partial charge < -0.3 is 9.80 Å². The monoisotopic (exact) mass is 273 g/mol. The van der Waals surface area contributed by atoms with Crippen LogP contribution < -0.4 is 4.90 Å². The van der Waals surface area contributed by atoms with Gasteiger partial charge in [0, 0.05) is 38.4 Å². The molecule has 0 radical (unpaired) electrons. The smallest absolute Gasteiger partial charge is 0.324 e. The lowest BCUT2D eigenvalue weighted by Gasteiger charge is -2.38. The van der Waals surface area contributed by atoms with Gasteiger partial charge in [0.05, 0.1) is 0 Å². The lowest BCUT2D eigenvalue weighted by atomic mass is 10.0. The molecule has 1 saturated heterocycles. The Morgan fingerprint density at radius 3 is 2.55 bits per heavy atom. The van der Waals surface area contributed by atoms with E-state index in [0.29, 0.717) is 26.2 Å². The van der Waals surface area contributed by atoms with Gasteiger partial charge in [0.1, 0.15) is 0 Å². The van der Waals surface area contributed by atoms with Crippen molar-refractivity contribution in [3.8, 4) is 0 Å². The second-order valence-corrected chi connectivity index (χ2v) is 5.29. The number of nitrogens with zero attached hydrogens (tertiary/aromatic N) is 3. The number of carbonyl (C=O) groups is 2.